The van der Waals surface area contributed by atoms with Crippen molar-refractivity contribution in [2.24, 2.45) is 5.73 Å². The third-order valence-corrected chi connectivity index (χ3v) is 5.94. The predicted molar refractivity (Wildman–Crippen MR) is 69.6 cm³/mol. The average Bonchev–Trinajstić information content (AvgIpc) is 2.83. The first kappa shape index (κ1) is 12.9. The van der Waals surface area contributed by atoms with Gasteiger partial charge >= 0.3 is 0 Å². The lowest BCUT2D eigenvalue weighted by molar-refractivity contribution is 0.0387. The van der Waals surface area contributed by atoms with Gasteiger partial charge < -0.3 is 10.5 Å². The van der Waals surface area contributed by atoms with Crippen molar-refractivity contribution in [2.45, 2.75) is 10.3 Å². The fourth-order valence-electron chi connectivity index (χ4n) is 1.55. The summed E-state index contributed by atoms with van der Waals surface area (Å²) in [5.74, 6) is 0. The van der Waals surface area contributed by atoms with Gasteiger partial charge in [-0.1, -0.05) is 18.3 Å². The smallest absolute Gasteiger partial charge is 0.252 e. The molecule has 1 aromatic heterocycles. The van der Waals surface area contributed by atoms with Crippen LogP contribution in [0.25, 0.3) is 0 Å². The molecule has 1 aromatic rings. The molecular formula is C9H12N2O3S3. The molecule has 0 spiro atoms. The molecule has 0 saturated carbocycles. The number of hydrogen-bond donors (Lipinski definition) is 1. The zero-order valence-corrected chi connectivity index (χ0v) is 11.4. The minimum absolute atomic E-state index is 0.190. The summed E-state index contributed by atoms with van der Waals surface area (Å²) in [6.07, 6.45) is -0.492. The highest BCUT2D eigenvalue weighted by Gasteiger charge is 2.32. The lowest BCUT2D eigenvalue weighted by atomic mass is 10.3. The van der Waals surface area contributed by atoms with Gasteiger partial charge in [0.15, 0.2) is 0 Å². The van der Waals surface area contributed by atoms with Crippen LogP contribution in [0, 0.1) is 0 Å². The molecule has 1 unspecified atom stereocenters. The van der Waals surface area contributed by atoms with Gasteiger partial charge in [0, 0.05) is 13.1 Å². The molecule has 2 rings (SSSR count). The molecule has 0 aliphatic carbocycles. The Balaban J connectivity index is 2.20. The number of rotatable bonds is 3. The minimum Gasteiger partial charge on any atom is -0.391 e. The topological polar surface area (TPSA) is 72.6 Å². The van der Waals surface area contributed by atoms with Crippen molar-refractivity contribution >= 4 is 38.6 Å². The maximum atomic E-state index is 12.2. The molecule has 2 heterocycles. The normalized spacial score (nSPS) is 22.5. The molecule has 1 aliphatic rings. The molecule has 1 aliphatic heterocycles. The van der Waals surface area contributed by atoms with E-state index >= 15 is 0 Å². The summed E-state index contributed by atoms with van der Waals surface area (Å²) in [5.41, 5.74) is 5.48. The molecule has 0 amide bonds. The Hall–Kier alpha value is -0.540. The average molecular weight is 292 g/mol. The molecule has 8 heteroatoms. The van der Waals surface area contributed by atoms with Crippen LogP contribution in [0.5, 0.6) is 0 Å². The maximum absolute atomic E-state index is 12.2. The SMILES string of the molecule is NC(=S)C1CN(S(=O)(=O)c2cccs2)CCO1. The monoisotopic (exact) mass is 292 g/mol. The Kier molecular flexibility index (Phi) is 3.79. The standard InChI is InChI=1S/C9H12N2O3S3/c10-9(15)7-6-11(3-4-14-7)17(12,13)8-2-1-5-16-8/h1-2,5,7H,3-4,6H2,(H2,10,15). The summed E-state index contributed by atoms with van der Waals surface area (Å²) in [6, 6.07) is 3.30. The lowest BCUT2D eigenvalue weighted by Crippen LogP contribution is -2.49. The van der Waals surface area contributed by atoms with Gasteiger partial charge in [-0.25, -0.2) is 8.42 Å². The van der Waals surface area contributed by atoms with Crippen LogP contribution < -0.4 is 5.73 Å². The van der Waals surface area contributed by atoms with Crippen molar-refractivity contribution in [1.82, 2.24) is 4.31 Å². The molecule has 1 atom stereocenters. The maximum Gasteiger partial charge on any atom is 0.252 e. The van der Waals surface area contributed by atoms with E-state index in [1.165, 1.54) is 15.6 Å². The zero-order chi connectivity index (χ0) is 12.5. The van der Waals surface area contributed by atoms with Gasteiger partial charge in [0.2, 0.25) is 0 Å². The van der Waals surface area contributed by atoms with Crippen LogP contribution in [0.4, 0.5) is 0 Å². The largest absolute Gasteiger partial charge is 0.391 e. The van der Waals surface area contributed by atoms with Crippen LogP contribution in [0.2, 0.25) is 0 Å². The van der Waals surface area contributed by atoms with E-state index in [1.807, 2.05) is 0 Å². The summed E-state index contributed by atoms with van der Waals surface area (Å²) in [4.78, 5) is 0.191. The summed E-state index contributed by atoms with van der Waals surface area (Å²) in [5, 5.41) is 1.73. The van der Waals surface area contributed by atoms with E-state index in [2.05, 4.69) is 0 Å². The molecular weight excluding hydrogens is 280 g/mol. The van der Waals surface area contributed by atoms with Crippen LogP contribution in [-0.2, 0) is 14.8 Å². The number of ether oxygens (including phenoxy) is 1. The van der Waals surface area contributed by atoms with Gasteiger partial charge in [0.1, 0.15) is 15.3 Å². The van der Waals surface area contributed by atoms with Crippen LogP contribution in [0.15, 0.2) is 21.7 Å². The Labute approximate surface area is 109 Å². The second-order valence-electron chi connectivity index (χ2n) is 3.56. The van der Waals surface area contributed by atoms with Gasteiger partial charge in [-0.05, 0) is 11.4 Å². The fourth-order valence-corrected chi connectivity index (χ4v) is 4.27. The predicted octanol–water partition coefficient (Wildman–Crippen LogP) is 0.424. The Morgan fingerprint density at radius 3 is 3.00 bits per heavy atom. The summed E-state index contributed by atoms with van der Waals surface area (Å²) in [6.45, 7) is 0.835. The number of morpholine rings is 1. The molecule has 0 radical (unpaired) electrons. The van der Waals surface area contributed by atoms with Crippen LogP contribution in [0.3, 0.4) is 0 Å². The lowest BCUT2D eigenvalue weighted by Gasteiger charge is -2.31. The zero-order valence-electron chi connectivity index (χ0n) is 8.90. The number of nitrogens with two attached hydrogens (primary N) is 1. The van der Waals surface area contributed by atoms with Crippen LogP contribution in [0.1, 0.15) is 0 Å². The van der Waals surface area contributed by atoms with Gasteiger partial charge in [-0.2, -0.15) is 4.31 Å². The quantitative estimate of drug-likeness (QED) is 0.818. The van der Waals surface area contributed by atoms with Crippen molar-refractivity contribution in [2.75, 3.05) is 19.7 Å². The first-order valence-electron chi connectivity index (χ1n) is 4.96. The van der Waals surface area contributed by atoms with Crippen molar-refractivity contribution in [3.8, 4) is 0 Å². The van der Waals surface area contributed by atoms with Crippen molar-refractivity contribution < 1.29 is 13.2 Å². The molecule has 1 fully saturated rings. The van der Waals surface area contributed by atoms with E-state index in [1.54, 1.807) is 17.5 Å². The van der Waals surface area contributed by atoms with E-state index in [4.69, 9.17) is 22.7 Å². The van der Waals surface area contributed by atoms with E-state index in [-0.39, 0.29) is 11.5 Å². The molecule has 1 saturated heterocycles. The second-order valence-corrected chi connectivity index (χ2v) is 7.14. The van der Waals surface area contributed by atoms with E-state index < -0.39 is 16.1 Å². The number of sulfonamides is 1. The first-order chi connectivity index (χ1) is 8.01. The number of thiocarbonyl (C=S) groups is 1. The summed E-state index contributed by atoms with van der Waals surface area (Å²) >= 11 is 6.02. The van der Waals surface area contributed by atoms with Gasteiger partial charge in [0.05, 0.1) is 6.61 Å². The van der Waals surface area contributed by atoms with Crippen molar-refractivity contribution in [1.29, 1.82) is 0 Å². The molecule has 17 heavy (non-hydrogen) atoms. The molecule has 2 N–H and O–H groups in total. The molecule has 94 valence electrons. The summed E-state index contributed by atoms with van der Waals surface area (Å²) in [7, 11) is -3.43. The fraction of sp³-hybridized carbons (Fsp3) is 0.444. The van der Waals surface area contributed by atoms with Crippen molar-refractivity contribution in [3.05, 3.63) is 17.5 Å². The number of nitrogens with zero attached hydrogens (tertiary/aromatic N) is 1. The highest BCUT2D eigenvalue weighted by Crippen LogP contribution is 2.22. The Morgan fingerprint density at radius 2 is 2.41 bits per heavy atom. The van der Waals surface area contributed by atoms with E-state index in [9.17, 15) is 8.42 Å². The molecule has 0 bridgehead atoms. The minimum atomic E-state index is -3.43. The number of hydrogen-bond acceptors (Lipinski definition) is 5. The van der Waals surface area contributed by atoms with Crippen LogP contribution >= 0.6 is 23.6 Å². The molecule has 5 nitrogen and oxygen atoms in total. The molecule has 0 aromatic carbocycles. The highest BCUT2D eigenvalue weighted by atomic mass is 32.2. The van der Waals surface area contributed by atoms with E-state index in [0.717, 1.165) is 0 Å². The third-order valence-electron chi connectivity index (χ3n) is 2.44. The van der Waals surface area contributed by atoms with Gasteiger partial charge in [-0.15, -0.1) is 11.3 Å². The highest BCUT2D eigenvalue weighted by molar-refractivity contribution is 7.91. The Bertz CT molecular complexity index is 498. The first-order valence-corrected chi connectivity index (χ1v) is 7.69. The van der Waals surface area contributed by atoms with Crippen LogP contribution in [-0.4, -0.2) is 43.5 Å². The number of thiophene rings is 1. The third kappa shape index (κ3) is 2.66. The second kappa shape index (κ2) is 4.99. The van der Waals surface area contributed by atoms with Crippen molar-refractivity contribution in [3.63, 3.8) is 0 Å². The Morgan fingerprint density at radius 1 is 1.65 bits per heavy atom. The van der Waals surface area contributed by atoms with Gasteiger partial charge in [0.25, 0.3) is 10.0 Å². The summed E-state index contributed by atoms with van der Waals surface area (Å²) < 4.78 is 31.4. The van der Waals surface area contributed by atoms with E-state index in [0.29, 0.717) is 17.4 Å². The van der Waals surface area contributed by atoms with Gasteiger partial charge in [-0.3, -0.25) is 0 Å².